The molecule has 0 atom stereocenters. The summed E-state index contributed by atoms with van der Waals surface area (Å²) >= 11 is 0. The van der Waals surface area contributed by atoms with Crippen LogP contribution in [0.3, 0.4) is 0 Å². The molecule has 0 saturated heterocycles. The molecular weight excluding hydrogens is 426 g/mol. The summed E-state index contributed by atoms with van der Waals surface area (Å²) in [4.78, 5) is 21.6. The molecule has 4 aromatic rings. The Morgan fingerprint density at radius 2 is 1.32 bits per heavy atom. The maximum atomic E-state index is 11.3. The van der Waals surface area contributed by atoms with Crippen LogP contribution in [0.2, 0.25) is 0 Å². The van der Waals surface area contributed by atoms with Crippen molar-refractivity contribution < 1.29 is 31.4 Å². The highest BCUT2D eigenvalue weighted by Gasteiger charge is 2.24. The second-order valence-electron chi connectivity index (χ2n) is 6.22. The number of hydrogen-bond acceptors (Lipinski definition) is 4. The minimum absolute atomic E-state index is 0. The molecule has 1 heterocycles. The van der Waals surface area contributed by atoms with Gasteiger partial charge in [-0.2, -0.15) is 4.57 Å². The van der Waals surface area contributed by atoms with Gasteiger partial charge in [-0.05, 0) is 24.3 Å². The van der Waals surface area contributed by atoms with Crippen LogP contribution in [0.5, 0.6) is 0 Å². The van der Waals surface area contributed by atoms with Crippen LogP contribution in [-0.4, -0.2) is 9.85 Å². The average Bonchev–Trinajstić information content (AvgIpc) is 2.68. The third-order valence-electron chi connectivity index (χ3n) is 4.70. The number of nitro groups is 2. The lowest BCUT2D eigenvalue weighted by Crippen LogP contribution is -3.00. The third-order valence-corrected chi connectivity index (χ3v) is 4.70. The molecule has 1 aromatic heterocycles. The second-order valence-corrected chi connectivity index (χ2v) is 6.22. The molecule has 0 saturated carbocycles. The molecule has 0 fully saturated rings. The normalized spacial score (nSPS) is 10.6. The van der Waals surface area contributed by atoms with Gasteiger partial charge in [-0.25, -0.2) is 0 Å². The Bertz CT molecular complexity index is 1240. The van der Waals surface area contributed by atoms with Gasteiger partial charge in [-0.3, -0.25) is 20.2 Å². The van der Waals surface area contributed by atoms with E-state index >= 15 is 0 Å². The Morgan fingerprint density at radius 1 is 0.750 bits per heavy atom. The van der Waals surface area contributed by atoms with E-state index in [0.29, 0.717) is 5.52 Å². The molecule has 4 rings (SSSR count). The number of nitrogens with zero attached hydrogens (tertiary/aromatic N) is 3. The van der Waals surface area contributed by atoms with Crippen LogP contribution in [0.4, 0.5) is 11.4 Å². The van der Waals surface area contributed by atoms with Crippen molar-refractivity contribution in [2.75, 3.05) is 0 Å². The molecule has 0 unspecified atom stereocenters. The first-order valence-corrected chi connectivity index (χ1v) is 8.21. The predicted molar refractivity (Wildman–Crippen MR) is 101 cm³/mol. The van der Waals surface area contributed by atoms with E-state index < -0.39 is 9.85 Å². The number of aromatic nitrogens is 1. The van der Waals surface area contributed by atoms with Gasteiger partial charge in [0.05, 0.1) is 26.7 Å². The van der Waals surface area contributed by atoms with Crippen LogP contribution < -0.4 is 21.5 Å². The molecule has 7 nitrogen and oxygen atoms in total. The first-order chi connectivity index (χ1) is 13.0. The topological polar surface area (TPSA) is 90.2 Å². The van der Waals surface area contributed by atoms with Crippen molar-refractivity contribution >= 4 is 33.1 Å². The van der Waals surface area contributed by atoms with Gasteiger partial charge < -0.3 is 17.0 Å². The predicted octanol–water partition coefficient (Wildman–Crippen LogP) is 1.30. The van der Waals surface area contributed by atoms with Crippen LogP contribution in [0.25, 0.3) is 32.9 Å². The number of nitro benzene ring substituents is 2. The summed E-state index contributed by atoms with van der Waals surface area (Å²) in [5.41, 5.74) is 2.32. The van der Waals surface area contributed by atoms with Crippen LogP contribution >= 0.6 is 0 Å². The maximum Gasteiger partial charge on any atom is 0.276 e. The number of rotatable bonds is 3. The molecule has 8 heteroatoms. The first kappa shape index (κ1) is 19.4. The van der Waals surface area contributed by atoms with Crippen LogP contribution in [-0.2, 0) is 7.05 Å². The lowest BCUT2D eigenvalue weighted by molar-refractivity contribution is -0.632. The Labute approximate surface area is 169 Å². The van der Waals surface area contributed by atoms with Crippen molar-refractivity contribution in [1.82, 2.24) is 0 Å². The molecule has 0 radical (unpaired) electrons. The summed E-state index contributed by atoms with van der Waals surface area (Å²) in [5.74, 6) is 0. The molecule has 0 aliphatic carbocycles. The van der Waals surface area contributed by atoms with E-state index in [-0.39, 0.29) is 28.4 Å². The molecule has 0 aliphatic heterocycles. The fraction of sp³-hybridized carbons (Fsp3) is 0.0500. The fourth-order valence-corrected chi connectivity index (χ4v) is 3.46. The summed E-state index contributed by atoms with van der Waals surface area (Å²) < 4.78 is 1.85. The number of halogens is 1. The number of fused-ring (bicyclic) bond motifs is 3. The van der Waals surface area contributed by atoms with Gasteiger partial charge in [0.2, 0.25) is 11.2 Å². The standard InChI is InChI=1S/C20H14N3O4.BrH/c1-21-19-12-15(23(26)27)8-10-17(19)16-9-7-14(22(24)25)11-18(16)20(21)13-5-3-2-4-6-13;/h2-12H,1H3;1H/q+1;/p-1. The largest absolute Gasteiger partial charge is 1.00 e. The van der Waals surface area contributed by atoms with E-state index in [0.717, 1.165) is 27.4 Å². The average molecular weight is 440 g/mol. The second kappa shape index (κ2) is 7.32. The smallest absolute Gasteiger partial charge is 0.276 e. The Balaban J connectivity index is 0.00000225. The fourth-order valence-electron chi connectivity index (χ4n) is 3.46. The first-order valence-electron chi connectivity index (χ1n) is 8.21. The van der Waals surface area contributed by atoms with Crippen molar-refractivity contribution in [2.45, 2.75) is 0 Å². The minimum atomic E-state index is -0.429. The van der Waals surface area contributed by atoms with E-state index in [9.17, 15) is 20.2 Å². The number of non-ortho nitro benzene ring substituents is 2. The molecule has 140 valence electrons. The van der Waals surface area contributed by atoms with Gasteiger partial charge in [0.25, 0.3) is 11.4 Å². The SMILES string of the molecule is C[n+]1c(-c2ccccc2)c2cc([N+](=O)[O-])ccc2c2ccc([N+](=O)[O-])cc21.[Br-]. The Kier molecular flexibility index (Phi) is 5.06. The number of aryl methyl sites for hydroxylation is 1. The van der Waals surface area contributed by atoms with Gasteiger partial charge >= 0.3 is 0 Å². The van der Waals surface area contributed by atoms with Crippen LogP contribution in [0.1, 0.15) is 0 Å². The highest BCUT2D eigenvalue weighted by atomic mass is 79.9. The van der Waals surface area contributed by atoms with Crippen LogP contribution in [0.15, 0.2) is 66.7 Å². The van der Waals surface area contributed by atoms with Crippen LogP contribution in [0, 0.1) is 20.2 Å². The van der Waals surface area contributed by atoms with Crippen molar-refractivity contribution in [3.8, 4) is 11.3 Å². The molecule has 0 amide bonds. The van der Waals surface area contributed by atoms with Gasteiger partial charge in [-0.15, -0.1) is 0 Å². The molecule has 28 heavy (non-hydrogen) atoms. The van der Waals surface area contributed by atoms with Gasteiger partial charge in [0.15, 0.2) is 0 Å². The van der Waals surface area contributed by atoms with E-state index in [1.54, 1.807) is 18.2 Å². The lowest BCUT2D eigenvalue weighted by Gasteiger charge is -2.09. The maximum absolute atomic E-state index is 11.3. The third kappa shape index (κ3) is 3.07. The number of benzene rings is 3. The zero-order valence-corrected chi connectivity index (χ0v) is 16.3. The molecule has 3 aromatic carbocycles. The van der Waals surface area contributed by atoms with Gasteiger partial charge in [0.1, 0.15) is 7.05 Å². The lowest BCUT2D eigenvalue weighted by atomic mass is 9.98. The van der Waals surface area contributed by atoms with E-state index in [1.165, 1.54) is 18.2 Å². The van der Waals surface area contributed by atoms with Crippen molar-refractivity contribution in [1.29, 1.82) is 0 Å². The molecule has 0 spiro atoms. The highest BCUT2D eigenvalue weighted by Crippen LogP contribution is 2.34. The van der Waals surface area contributed by atoms with Crippen molar-refractivity contribution in [3.63, 3.8) is 0 Å². The summed E-state index contributed by atoms with van der Waals surface area (Å²) in [6.07, 6.45) is 0. The number of hydrogen-bond donors (Lipinski definition) is 0. The Morgan fingerprint density at radius 3 is 1.93 bits per heavy atom. The summed E-state index contributed by atoms with van der Waals surface area (Å²) in [5, 5.41) is 24.8. The molecule has 0 N–H and O–H groups in total. The van der Waals surface area contributed by atoms with Crippen molar-refractivity contribution in [3.05, 3.63) is 87.0 Å². The van der Waals surface area contributed by atoms with Gasteiger partial charge in [-0.1, -0.05) is 18.2 Å². The quantitative estimate of drug-likeness (QED) is 0.208. The zero-order valence-electron chi connectivity index (χ0n) is 14.7. The monoisotopic (exact) mass is 439 g/mol. The number of pyridine rings is 1. The van der Waals surface area contributed by atoms with Crippen molar-refractivity contribution in [2.24, 2.45) is 7.05 Å². The molecular formula is C20H14BrN3O4. The summed E-state index contributed by atoms with van der Waals surface area (Å²) in [6.45, 7) is 0. The molecule has 0 bridgehead atoms. The zero-order chi connectivity index (χ0) is 19.1. The van der Waals surface area contributed by atoms with E-state index in [4.69, 9.17) is 0 Å². The highest BCUT2D eigenvalue weighted by molar-refractivity contribution is 6.09. The Hall–Kier alpha value is -3.39. The summed E-state index contributed by atoms with van der Waals surface area (Å²) in [6, 6.07) is 18.9. The van der Waals surface area contributed by atoms with E-state index in [2.05, 4.69) is 0 Å². The minimum Gasteiger partial charge on any atom is -1.00 e. The summed E-state index contributed by atoms with van der Waals surface area (Å²) in [7, 11) is 1.81. The molecule has 0 aliphatic rings. The van der Waals surface area contributed by atoms with Gasteiger partial charge in [0, 0.05) is 29.1 Å². The van der Waals surface area contributed by atoms with E-state index in [1.807, 2.05) is 41.9 Å².